The summed E-state index contributed by atoms with van der Waals surface area (Å²) in [6.45, 7) is 3.69. The van der Waals surface area contributed by atoms with Crippen molar-refractivity contribution >= 4 is 10.9 Å². The smallest absolute Gasteiger partial charge is 0.0456 e. The molecule has 0 spiro atoms. The van der Waals surface area contributed by atoms with E-state index in [1.165, 1.54) is 16.5 Å². The molecule has 0 amide bonds. The van der Waals surface area contributed by atoms with Gasteiger partial charge in [0.05, 0.1) is 0 Å². The minimum absolute atomic E-state index is 0.0363. The van der Waals surface area contributed by atoms with Crippen LogP contribution in [0.25, 0.3) is 10.9 Å². The largest absolute Gasteiger partial charge is 0.361 e. The third-order valence-electron chi connectivity index (χ3n) is 2.43. The first-order chi connectivity index (χ1) is 6.81. The zero-order valence-electron chi connectivity index (χ0n) is 8.03. The fourth-order valence-electron chi connectivity index (χ4n) is 1.64. The summed E-state index contributed by atoms with van der Waals surface area (Å²) >= 11 is 0. The Hall–Kier alpha value is -1.54. The topological polar surface area (TPSA) is 41.8 Å². The highest BCUT2D eigenvalue weighted by atomic mass is 14.7. The Morgan fingerprint density at radius 3 is 3.00 bits per heavy atom. The first-order valence-electron chi connectivity index (χ1n) is 4.74. The maximum atomic E-state index is 5.82. The second-order valence-corrected chi connectivity index (χ2v) is 3.46. The fourth-order valence-corrected chi connectivity index (χ4v) is 1.64. The summed E-state index contributed by atoms with van der Waals surface area (Å²) in [5.74, 6) is 0. The average Bonchev–Trinajstić information content (AvgIpc) is 2.62. The van der Waals surface area contributed by atoms with Crippen molar-refractivity contribution in [2.24, 2.45) is 5.73 Å². The SMILES string of the molecule is C=CC(N)Cc1c[nH]c2ccccc12. The molecule has 2 nitrogen and oxygen atoms in total. The summed E-state index contributed by atoms with van der Waals surface area (Å²) in [6.07, 6.45) is 4.64. The molecule has 1 atom stereocenters. The number of fused-ring (bicyclic) bond motifs is 1. The van der Waals surface area contributed by atoms with E-state index in [9.17, 15) is 0 Å². The lowest BCUT2D eigenvalue weighted by Gasteiger charge is -2.03. The Labute approximate surface area is 83.4 Å². The Kier molecular flexibility index (Phi) is 2.37. The standard InChI is InChI=1S/C12H14N2/c1-2-10(13)7-9-8-14-12-6-4-3-5-11(9)12/h2-6,8,10,14H,1,7,13H2. The number of nitrogens with two attached hydrogens (primary N) is 1. The van der Waals surface area contributed by atoms with Gasteiger partial charge >= 0.3 is 0 Å². The Bertz CT molecular complexity index is 442. The molecule has 0 bridgehead atoms. The van der Waals surface area contributed by atoms with Crippen LogP contribution in [0.3, 0.4) is 0 Å². The Morgan fingerprint density at radius 2 is 2.21 bits per heavy atom. The van der Waals surface area contributed by atoms with Gasteiger partial charge < -0.3 is 10.7 Å². The summed E-state index contributed by atoms with van der Waals surface area (Å²) in [5, 5.41) is 1.25. The number of hydrogen-bond donors (Lipinski definition) is 2. The van der Waals surface area contributed by atoms with E-state index in [0.717, 1.165) is 6.42 Å². The molecule has 0 radical (unpaired) electrons. The zero-order valence-corrected chi connectivity index (χ0v) is 8.03. The van der Waals surface area contributed by atoms with Gasteiger partial charge in [0, 0.05) is 23.1 Å². The molecule has 2 heteroatoms. The van der Waals surface area contributed by atoms with Crippen LogP contribution in [0.5, 0.6) is 0 Å². The van der Waals surface area contributed by atoms with Gasteiger partial charge in [-0.3, -0.25) is 0 Å². The van der Waals surface area contributed by atoms with Gasteiger partial charge in [-0.25, -0.2) is 0 Å². The molecule has 1 unspecified atom stereocenters. The number of H-pyrrole nitrogens is 1. The molecule has 72 valence electrons. The molecule has 14 heavy (non-hydrogen) atoms. The van der Waals surface area contributed by atoms with Crippen LogP contribution < -0.4 is 5.73 Å². The van der Waals surface area contributed by atoms with Crippen molar-refractivity contribution in [1.29, 1.82) is 0 Å². The summed E-state index contributed by atoms with van der Waals surface area (Å²) in [4.78, 5) is 3.23. The van der Waals surface area contributed by atoms with Gasteiger partial charge in [0.1, 0.15) is 0 Å². The van der Waals surface area contributed by atoms with Gasteiger partial charge in [0.25, 0.3) is 0 Å². The van der Waals surface area contributed by atoms with Crippen LogP contribution in [0, 0.1) is 0 Å². The van der Waals surface area contributed by atoms with Crippen LogP contribution in [0.4, 0.5) is 0 Å². The van der Waals surface area contributed by atoms with Gasteiger partial charge in [0.2, 0.25) is 0 Å². The first-order valence-corrected chi connectivity index (χ1v) is 4.74. The van der Waals surface area contributed by atoms with Crippen molar-refractivity contribution in [2.45, 2.75) is 12.5 Å². The number of rotatable bonds is 3. The van der Waals surface area contributed by atoms with Crippen LogP contribution in [-0.4, -0.2) is 11.0 Å². The Morgan fingerprint density at radius 1 is 1.43 bits per heavy atom. The Balaban J connectivity index is 2.38. The van der Waals surface area contributed by atoms with E-state index >= 15 is 0 Å². The summed E-state index contributed by atoms with van der Waals surface area (Å²) in [7, 11) is 0. The molecule has 0 aliphatic rings. The van der Waals surface area contributed by atoms with E-state index in [2.05, 4.69) is 23.7 Å². The first kappa shape index (κ1) is 9.03. The van der Waals surface area contributed by atoms with Crippen LogP contribution in [0.15, 0.2) is 43.1 Å². The third kappa shape index (κ3) is 1.56. The normalized spacial score (nSPS) is 12.9. The van der Waals surface area contributed by atoms with E-state index in [1.54, 1.807) is 6.08 Å². The lowest BCUT2D eigenvalue weighted by atomic mass is 10.1. The molecule has 1 heterocycles. The number of aromatic amines is 1. The molecule has 1 aromatic heterocycles. The molecule has 2 rings (SSSR count). The summed E-state index contributed by atoms with van der Waals surface area (Å²) in [6, 6.07) is 8.28. The van der Waals surface area contributed by atoms with Crippen LogP contribution in [0.2, 0.25) is 0 Å². The molecule has 2 aromatic rings. The number of benzene rings is 1. The highest BCUT2D eigenvalue weighted by molar-refractivity contribution is 5.83. The van der Waals surface area contributed by atoms with Crippen molar-refractivity contribution in [1.82, 2.24) is 4.98 Å². The average molecular weight is 186 g/mol. The lowest BCUT2D eigenvalue weighted by Crippen LogP contribution is -2.18. The third-order valence-corrected chi connectivity index (χ3v) is 2.43. The van der Waals surface area contributed by atoms with Gasteiger partial charge in [-0.15, -0.1) is 6.58 Å². The van der Waals surface area contributed by atoms with Crippen molar-refractivity contribution in [3.05, 3.63) is 48.7 Å². The highest BCUT2D eigenvalue weighted by Gasteiger charge is 2.05. The van der Waals surface area contributed by atoms with Crippen molar-refractivity contribution in [3.63, 3.8) is 0 Å². The van der Waals surface area contributed by atoms with Gasteiger partial charge in [0.15, 0.2) is 0 Å². The fraction of sp³-hybridized carbons (Fsp3) is 0.167. The molecule has 0 saturated heterocycles. The van der Waals surface area contributed by atoms with Crippen molar-refractivity contribution in [2.75, 3.05) is 0 Å². The summed E-state index contributed by atoms with van der Waals surface area (Å²) in [5.41, 5.74) is 8.25. The van der Waals surface area contributed by atoms with Crippen molar-refractivity contribution < 1.29 is 0 Å². The van der Waals surface area contributed by atoms with E-state index in [-0.39, 0.29) is 6.04 Å². The number of aromatic nitrogens is 1. The molecular formula is C12H14N2. The molecule has 0 aliphatic carbocycles. The molecule has 0 aliphatic heterocycles. The highest BCUT2D eigenvalue weighted by Crippen LogP contribution is 2.18. The maximum absolute atomic E-state index is 5.82. The van der Waals surface area contributed by atoms with E-state index < -0.39 is 0 Å². The van der Waals surface area contributed by atoms with Crippen LogP contribution in [0.1, 0.15) is 5.56 Å². The zero-order chi connectivity index (χ0) is 9.97. The quantitative estimate of drug-likeness (QED) is 0.709. The predicted octanol–water partition coefficient (Wildman–Crippen LogP) is 2.22. The molecule has 0 fully saturated rings. The molecular weight excluding hydrogens is 172 g/mol. The second kappa shape index (κ2) is 3.68. The van der Waals surface area contributed by atoms with E-state index in [0.29, 0.717) is 0 Å². The van der Waals surface area contributed by atoms with Crippen molar-refractivity contribution in [3.8, 4) is 0 Å². The second-order valence-electron chi connectivity index (χ2n) is 3.46. The predicted molar refractivity (Wildman–Crippen MR) is 60.2 cm³/mol. The maximum Gasteiger partial charge on any atom is 0.0456 e. The number of nitrogens with one attached hydrogen (secondary N) is 1. The number of hydrogen-bond acceptors (Lipinski definition) is 1. The number of para-hydroxylation sites is 1. The van der Waals surface area contributed by atoms with Crippen LogP contribution in [-0.2, 0) is 6.42 Å². The van der Waals surface area contributed by atoms with Gasteiger partial charge in [-0.05, 0) is 18.1 Å². The van der Waals surface area contributed by atoms with Crippen LogP contribution >= 0.6 is 0 Å². The monoisotopic (exact) mass is 186 g/mol. The molecule has 0 saturated carbocycles. The van der Waals surface area contributed by atoms with Gasteiger partial charge in [-0.2, -0.15) is 0 Å². The van der Waals surface area contributed by atoms with Gasteiger partial charge in [-0.1, -0.05) is 24.3 Å². The molecule has 1 aromatic carbocycles. The summed E-state index contributed by atoms with van der Waals surface area (Å²) < 4.78 is 0. The lowest BCUT2D eigenvalue weighted by molar-refractivity contribution is 0.816. The minimum Gasteiger partial charge on any atom is -0.361 e. The van der Waals surface area contributed by atoms with E-state index in [4.69, 9.17) is 5.73 Å². The van der Waals surface area contributed by atoms with E-state index in [1.807, 2.05) is 18.3 Å². The molecule has 3 N–H and O–H groups in total. The minimum atomic E-state index is 0.0363.